The topological polar surface area (TPSA) is 86.8 Å². The van der Waals surface area contributed by atoms with Gasteiger partial charge in [0.1, 0.15) is 12.6 Å². The minimum absolute atomic E-state index is 0.0785. The van der Waals surface area contributed by atoms with Crippen LogP contribution in [0.15, 0.2) is 78.9 Å². The Morgan fingerprint density at radius 1 is 0.974 bits per heavy atom. The van der Waals surface area contributed by atoms with E-state index < -0.39 is 28.5 Å². The molecule has 3 aromatic rings. The van der Waals surface area contributed by atoms with Gasteiger partial charge >= 0.3 is 0 Å². The first kappa shape index (κ1) is 30.9. The van der Waals surface area contributed by atoms with E-state index in [1.807, 2.05) is 50.2 Å². The van der Waals surface area contributed by atoms with Crippen molar-refractivity contribution in [1.82, 2.24) is 10.2 Å². The molecule has 208 valence electrons. The predicted octanol–water partition coefficient (Wildman–Crippen LogP) is 5.27. The van der Waals surface area contributed by atoms with Gasteiger partial charge in [-0.2, -0.15) is 0 Å². The highest BCUT2D eigenvalue weighted by molar-refractivity contribution is 14.1. The second kappa shape index (κ2) is 14.1. The van der Waals surface area contributed by atoms with Gasteiger partial charge in [0.05, 0.1) is 11.9 Å². The lowest BCUT2D eigenvalue weighted by molar-refractivity contribution is -0.140. The Morgan fingerprint density at radius 2 is 1.62 bits per heavy atom. The van der Waals surface area contributed by atoms with Crippen LogP contribution in [0.1, 0.15) is 31.4 Å². The van der Waals surface area contributed by atoms with Crippen molar-refractivity contribution >= 4 is 61.7 Å². The summed E-state index contributed by atoms with van der Waals surface area (Å²) in [6, 6.07) is 22.4. The number of hydrogen-bond donors (Lipinski definition) is 1. The molecule has 0 aliphatic rings. The predicted molar refractivity (Wildman–Crippen MR) is 165 cm³/mol. The molecule has 2 atom stereocenters. The lowest BCUT2D eigenvalue weighted by Crippen LogP contribution is -2.54. The quantitative estimate of drug-likeness (QED) is 0.264. The third-order valence-electron chi connectivity index (χ3n) is 6.31. The zero-order valence-electron chi connectivity index (χ0n) is 22.2. The van der Waals surface area contributed by atoms with Crippen molar-refractivity contribution in [3.05, 3.63) is 98.6 Å². The van der Waals surface area contributed by atoms with Gasteiger partial charge < -0.3 is 10.2 Å². The largest absolute Gasteiger partial charge is 0.352 e. The average Bonchev–Trinajstić information content (AvgIpc) is 2.89. The van der Waals surface area contributed by atoms with Gasteiger partial charge in [0.25, 0.3) is 0 Å². The normalized spacial score (nSPS) is 12.8. The van der Waals surface area contributed by atoms with Crippen LogP contribution in [0.2, 0.25) is 5.02 Å². The lowest BCUT2D eigenvalue weighted by Gasteiger charge is -2.34. The number of benzene rings is 3. The highest BCUT2D eigenvalue weighted by Crippen LogP contribution is 2.22. The number of carbonyl (C=O) groups is 2. The van der Waals surface area contributed by atoms with Crippen molar-refractivity contribution < 1.29 is 18.0 Å². The maximum Gasteiger partial charge on any atom is 0.244 e. The maximum atomic E-state index is 14.0. The molecule has 0 aromatic heterocycles. The van der Waals surface area contributed by atoms with Gasteiger partial charge in [-0.15, -0.1) is 0 Å². The maximum absolute atomic E-state index is 14.0. The monoisotopic (exact) mass is 681 g/mol. The molecule has 1 N–H and O–H groups in total. The van der Waals surface area contributed by atoms with Gasteiger partial charge in [-0.25, -0.2) is 8.42 Å². The molecule has 0 spiro atoms. The molecule has 7 nitrogen and oxygen atoms in total. The second-order valence-corrected chi connectivity index (χ2v) is 13.0. The summed E-state index contributed by atoms with van der Waals surface area (Å²) in [6.45, 7) is 3.50. The summed E-state index contributed by atoms with van der Waals surface area (Å²) in [7, 11) is -3.81. The first-order valence-corrected chi connectivity index (χ1v) is 15.9. The van der Waals surface area contributed by atoms with E-state index in [-0.39, 0.29) is 24.9 Å². The summed E-state index contributed by atoms with van der Waals surface area (Å²) in [5.41, 5.74) is 1.98. The van der Waals surface area contributed by atoms with E-state index in [9.17, 15) is 18.0 Å². The third kappa shape index (κ3) is 9.22. The summed E-state index contributed by atoms with van der Waals surface area (Å²) < 4.78 is 27.6. The minimum atomic E-state index is -3.81. The molecule has 10 heteroatoms. The number of hydrogen-bond acceptors (Lipinski definition) is 4. The lowest BCUT2D eigenvalue weighted by atomic mass is 10.0. The molecule has 0 heterocycles. The second-order valence-electron chi connectivity index (χ2n) is 9.42. The van der Waals surface area contributed by atoms with Crippen LogP contribution >= 0.6 is 34.2 Å². The van der Waals surface area contributed by atoms with Crippen molar-refractivity contribution in [1.29, 1.82) is 0 Å². The van der Waals surface area contributed by atoms with Crippen molar-refractivity contribution in [2.45, 2.75) is 45.3 Å². The molecule has 3 aromatic carbocycles. The summed E-state index contributed by atoms with van der Waals surface area (Å²) in [5, 5.41) is 3.51. The fraction of sp³-hybridized carbons (Fsp3) is 0.310. The van der Waals surface area contributed by atoms with Crippen LogP contribution in [0.25, 0.3) is 0 Å². The van der Waals surface area contributed by atoms with Crippen LogP contribution in [-0.2, 0) is 32.6 Å². The van der Waals surface area contributed by atoms with Crippen molar-refractivity contribution in [3.63, 3.8) is 0 Å². The molecule has 0 radical (unpaired) electrons. The van der Waals surface area contributed by atoms with E-state index in [0.717, 1.165) is 31.7 Å². The van der Waals surface area contributed by atoms with Crippen LogP contribution in [0.3, 0.4) is 0 Å². The van der Waals surface area contributed by atoms with Crippen LogP contribution in [0, 0.1) is 3.57 Å². The molecule has 0 saturated heterocycles. The van der Waals surface area contributed by atoms with E-state index in [1.54, 1.807) is 42.5 Å². The van der Waals surface area contributed by atoms with Crippen LogP contribution < -0.4 is 9.62 Å². The summed E-state index contributed by atoms with van der Waals surface area (Å²) in [6.07, 6.45) is 2.05. The first-order chi connectivity index (χ1) is 18.5. The van der Waals surface area contributed by atoms with E-state index >= 15 is 0 Å². The summed E-state index contributed by atoms with van der Waals surface area (Å²) in [5.74, 6) is -0.803. The molecule has 0 unspecified atom stereocenters. The average molecular weight is 682 g/mol. The van der Waals surface area contributed by atoms with Gasteiger partial charge in [-0.05, 0) is 83.5 Å². The van der Waals surface area contributed by atoms with Crippen molar-refractivity contribution in [3.8, 4) is 0 Å². The van der Waals surface area contributed by atoms with E-state index in [4.69, 9.17) is 11.6 Å². The standard InChI is InChI=1S/C29H33ClIN3O4S/c1-4-21(2)32-29(36)27(18-22-9-6-5-7-10-22)33(19-23-11-8-12-24(30)17-23)28(35)20-34(39(3,37)38)26-15-13-25(31)14-16-26/h5-17,21,27H,4,18-20H2,1-3H3,(H,32,36)/t21-,27+/m0/s1. The number of nitrogens with zero attached hydrogens (tertiary/aromatic N) is 2. The molecule has 0 bridgehead atoms. The fourth-order valence-corrected chi connectivity index (χ4v) is 5.47. The molecule has 0 fully saturated rings. The Bertz CT molecular complexity index is 1370. The van der Waals surface area contributed by atoms with E-state index in [0.29, 0.717) is 10.7 Å². The zero-order valence-corrected chi connectivity index (χ0v) is 25.9. The van der Waals surface area contributed by atoms with Crippen LogP contribution in [0.4, 0.5) is 5.69 Å². The van der Waals surface area contributed by atoms with Gasteiger partial charge in [0.15, 0.2) is 0 Å². The summed E-state index contributed by atoms with van der Waals surface area (Å²) in [4.78, 5) is 29.1. The molecule has 2 amide bonds. The Hall–Kier alpha value is -2.63. The summed E-state index contributed by atoms with van der Waals surface area (Å²) >= 11 is 8.37. The molecule has 0 aliphatic carbocycles. The molecule has 3 rings (SSSR count). The zero-order chi connectivity index (χ0) is 28.6. The number of halogens is 2. The van der Waals surface area contributed by atoms with Gasteiger partial charge in [0.2, 0.25) is 21.8 Å². The van der Waals surface area contributed by atoms with Gasteiger partial charge in [-0.3, -0.25) is 13.9 Å². The van der Waals surface area contributed by atoms with E-state index in [2.05, 4.69) is 27.9 Å². The van der Waals surface area contributed by atoms with Crippen LogP contribution in [-0.4, -0.2) is 50.0 Å². The molecular weight excluding hydrogens is 649 g/mol. The number of amides is 2. The minimum Gasteiger partial charge on any atom is -0.352 e. The van der Waals surface area contributed by atoms with Crippen molar-refractivity contribution in [2.24, 2.45) is 0 Å². The number of anilines is 1. The van der Waals surface area contributed by atoms with E-state index in [1.165, 1.54) is 4.90 Å². The number of carbonyl (C=O) groups excluding carboxylic acids is 2. The molecule has 0 saturated carbocycles. The Morgan fingerprint density at radius 3 is 2.21 bits per heavy atom. The van der Waals surface area contributed by atoms with Crippen molar-refractivity contribution in [2.75, 3.05) is 17.1 Å². The fourth-order valence-electron chi connectivity index (χ4n) is 4.05. The number of rotatable bonds is 12. The Balaban J connectivity index is 2.05. The van der Waals surface area contributed by atoms with Gasteiger partial charge in [-0.1, -0.05) is 61.0 Å². The molecule has 39 heavy (non-hydrogen) atoms. The highest BCUT2D eigenvalue weighted by Gasteiger charge is 2.33. The SMILES string of the molecule is CC[C@H](C)NC(=O)[C@@H](Cc1ccccc1)N(Cc1cccc(Cl)c1)C(=O)CN(c1ccc(I)cc1)S(C)(=O)=O. The molecular formula is C29H33ClIN3O4S. The Kier molecular flexibility index (Phi) is 11.2. The molecule has 0 aliphatic heterocycles. The Labute approximate surface area is 249 Å². The smallest absolute Gasteiger partial charge is 0.244 e. The number of nitrogens with one attached hydrogen (secondary N) is 1. The highest BCUT2D eigenvalue weighted by atomic mass is 127. The first-order valence-electron chi connectivity index (χ1n) is 12.6. The van der Waals surface area contributed by atoms with Crippen LogP contribution in [0.5, 0.6) is 0 Å². The number of sulfonamides is 1. The van der Waals surface area contributed by atoms with Gasteiger partial charge in [0, 0.05) is 27.6 Å². The third-order valence-corrected chi connectivity index (χ3v) is 8.40.